The van der Waals surface area contributed by atoms with E-state index < -0.39 is 29.8 Å². The van der Waals surface area contributed by atoms with E-state index in [9.17, 15) is 27.9 Å². The summed E-state index contributed by atoms with van der Waals surface area (Å²) in [5, 5.41) is 13.1. The number of hydrogen-bond acceptors (Lipinski definition) is 4. The monoisotopic (exact) mass is 422 g/mol. The van der Waals surface area contributed by atoms with Gasteiger partial charge in [0.05, 0.1) is 24.4 Å². The van der Waals surface area contributed by atoms with Gasteiger partial charge in [0.2, 0.25) is 5.91 Å². The molecule has 1 unspecified atom stereocenters. The van der Waals surface area contributed by atoms with Crippen molar-refractivity contribution in [1.82, 2.24) is 19.7 Å². The van der Waals surface area contributed by atoms with Gasteiger partial charge in [-0.05, 0) is 49.8 Å². The molecule has 0 bridgehead atoms. The first-order valence-electron chi connectivity index (χ1n) is 9.88. The minimum Gasteiger partial charge on any atom is -0.478 e. The van der Waals surface area contributed by atoms with Gasteiger partial charge in [0, 0.05) is 18.7 Å². The lowest BCUT2D eigenvalue weighted by atomic mass is 9.95. The van der Waals surface area contributed by atoms with Crippen molar-refractivity contribution >= 4 is 11.9 Å². The molecule has 7 nitrogen and oxygen atoms in total. The summed E-state index contributed by atoms with van der Waals surface area (Å²) in [5.41, 5.74) is -0.226. The van der Waals surface area contributed by atoms with Crippen molar-refractivity contribution in [1.29, 1.82) is 0 Å². The number of carbonyl (C=O) groups is 2. The third-order valence-corrected chi connectivity index (χ3v) is 5.55. The molecule has 1 aliphatic carbocycles. The van der Waals surface area contributed by atoms with Crippen LogP contribution in [0, 0.1) is 5.92 Å². The SMILES string of the molecule is O=C(O)c1cnn(-c2cc(C3CCCCN3C(=O)C3CC3)ccn2)c1CC(F)(F)F. The van der Waals surface area contributed by atoms with Gasteiger partial charge in [-0.1, -0.05) is 0 Å². The molecule has 0 spiro atoms. The first-order valence-corrected chi connectivity index (χ1v) is 9.88. The standard InChI is InChI=1S/C20H21F3N4O3/c21-20(22,23)10-16-14(19(29)30)11-25-27(16)17-9-13(6-7-24-17)15-3-1-2-8-26(15)18(28)12-4-5-12/h6-7,9,11-12,15H,1-5,8,10H2,(H,29,30). The molecule has 30 heavy (non-hydrogen) atoms. The number of hydrogen-bond donors (Lipinski definition) is 1. The normalized spacial score (nSPS) is 19.7. The van der Waals surface area contributed by atoms with Crippen LogP contribution in [0.4, 0.5) is 13.2 Å². The molecule has 0 aromatic carbocycles. The molecule has 2 aromatic heterocycles. The van der Waals surface area contributed by atoms with Gasteiger partial charge in [-0.15, -0.1) is 0 Å². The summed E-state index contributed by atoms with van der Waals surface area (Å²) in [6, 6.07) is 3.17. The second kappa shape index (κ2) is 7.73. The van der Waals surface area contributed by atoms with Crippen LogP contribution in [0.3, 0.4) is 0 Å². The largest absolute Gasteiger partial charge is 0.478 e. The van der Waals surface area contributed by atoms with Crippen molar-refractivity contribution < 1.29 is 27.9 Å². The number of rotatable bonds is 5. The first-order chi connectivity index (χ1) is 14.2. The molecule has 2 fully saturated rings. The highest BCUT2D eigenvalue weighted by Crippen LogP contribution is 2.38. The van der Waals surface area contributed by atoms with Gasteiger partial charge in [0.15, 0.2) is 5.82 Å². The van der Waals surface area contributed by atoms with Gasteiger partial charge in [0.25, 0.3) is 0 Å². The van der Waals surface area contributed by atoms with E-state index in [1.165, 1.54) is 6.20 Å². The van der Waals surface area contributed by atoms with Crippen molar-refractivity contribution in [3.8, 4) is 5.82 Å². The first kappa shape index (κ1) is 20.4. The smallest absolute Gasteiger partial charge is 0.394 e. The maximum atomic E-state index is 13.1. The number of likely N-dealkylation sites (tertiary alicyclic amines) is 1. The Morgan fingerprint density at radius 3 is 2.63 bits per heavy atom. The average Bonchev–Trinajstić information content (AvgIpc) is 3.47. The number of aromatic nitrogens is 3. The number of carboxylic acid groups (broad SMARTS) is 1. The van der Waals surface area contributed by atoms with E-state index in [1.54, 1.807) is 12.1 Å². The summed E-state index contributed by atoms with van der Waals surface area (Å²) < 4.78 is 40.1. The Bertz CT molecular complexity index is 968. The number of alkyl halides is 3. The van der Waals surface area contributed by atoms with Gasteiger partial charge in [-0.3, -0.25) is 4.79 Å². The van der Waals surface area contributed by atoms with E-state index >= 15 is 0 Å². The summed E-state index contributed by atoms with van der Waals surface area (Å²) in [5.74, 6) is -1.17. The van der Waals surface area contributed by atoms with Gasteiger partial charge < -0.3 is 10.0 Å². The third-order valence-electron chi connectivity index (χ3n) is 5.55. The van der Waals surface area contributed by atoms with Gasteiger partial charge in [-0.2, -0.15) is 18.3 Å². The lowest BCUT2D eigenvalue weighted by Crippen LogP contribution is -2.39. The zero-order chi connectivity index (χ0) is 21.5. The fourth-order valence-electron chi connectivity index (χ4n) is 3.97. The molecular formula is C20H21F3N4O3. The maximum Gasteiger partial charge on any atom is 0.394 e. The van der Waals surface area contributed by atoms with E-state index in [2.05, 4.69) is 10.1 Å². The topological polar surface area (TPSA) is 88.3 Å². The average molecular weight is 422 g/mol. The number of amides is 1. The quantitative estimate of drug-likeness (QED) is 0.796. The second-order valence-corrected chi connectivity index (χ2v) is 7.78. The minimum absolute atomic E-state index is 0.0783. The second-order valence-electron chi connectivity index (χ2n) is 7.78. The zero-order valence-corrected chi connectivity index (χ0v) is 16.1. The molecule has 1 saturated heterocycles. The van der Waals surface area contributed by atoms with Gasteiger partial charge in [-0.25, -0.2) is 14.5 Å². The Morgan fingerprint density at radius 2 is 1.97 bits per heavy atom. The Hall–Kier alpha value is -2.91. The molecular weight excluding hydrogens is 401 g/mol. The van der Waals surface area contributed by atoms with Crippen LogP contribution in [0.15, 0.2) is 24.5 Å². The van der Waals surface area contributed by atoms with Crippen molar-refractivity contribution in [2.45, 2.75) is 50.7 Å². The number of aromatic carboxylic acids is 1. The van der Waals surface area contributed by atoms with Crippen LogP contribution in [0.1, 0.15) is 59.8 Å². The molecule has 1 N–H and O–H groups in total. The Morgan fingerprint density at radius 1 is 1.20 bits per heavy atom. The molecule has 1 aliphatic heterocycles. The number of halogens is 3. The summed E-state index contributed by atoms with van der Waals surface area (Å²) in [6.45, 7) is 0.655. The summed E-state index contributed by atoms with van der Waals surface area (Å²) in [4.78, 5) is 30.0. The predicted molar refractivity (Wildman–Crippen MR) is 99.1 cm³/mol. The fourth-order valence-corrected chi connectivity index (χ4v) is 3.97. The lowest BCUT2D eigenvalue weighted by Gasteiger charge is -2.36. The van der Waals surface area contributed by atoms with Crippen molar-refractivity contribution in [2.24, 2.45) is 5.92 Å². The number of pyridine rings is 1. The molecule has 1 atom stereocenters. The fraction of sp³-hybridized carbons (Fsp3) is 0.500. The van der Waals surface area contributed by atoms with Crippen LogP contribution in [0.5, 0.6) is 0 Å². The molecule has 10 heteroatoms. The summed E-state index contributed by atoms with van der Waals surface area (Å²) in [7, 11) is 0. The highest BCUT2D eigenvalue weighted by atomic mass is 19.4. The van der Waals surface area contributed by atoms with Crippen LogP contribution in [0.25, 0.3) is 5.82 Å². The van der Waals surface area contributed by atoms with Crippen LogP contribution in [0.2, 0.25) is 0 Å². The molecule has 3 heterocycles. The van der Waals surface area contributed by atoms with Crippen LogP contribution in [-0.4, -0.2) is 49.4 Å². The van der Waals surface area contributed by atoms with E-state index in [0.717, 1.165) is 48.5 Å². The van der Waals surface area contributed by atoms with E-state index in [1.807, 2.05) is 4.90 Å². The van der Waals surface area contributed by atoms with E-state index in [-0.39, 0.29) is 23.7 Å². The molecule has 160 valence electrons. The lowest BCUT2D eigenvalue weighted by molar-refractivity contribution is -0.136. The number of piperidine rings is 1. The molecule has 2 aliphatic rings. The highest BCUT2D eigenvalue weighted by molar-refractivity contribution is 5.88. The Balaban J connectivity index is 1.70. The molecule has 4 rings (SSSR count). The molecule has 1 saturated carbocycles. The predicted octanol–water partition coefficient (Wildman–Crippen LogP) is 3.53. The molecule has 2 aromatic rings. The minimum atomic E-state index is -4.60. The Kier molecular flexibility index (Phi) is 5.25. The van der Waals surface area contributed by atoms with Crippen LogP contribution < -0.4 is 0 Å². The van der Waals surface area contributed by atoms with E-state index in [4.69, 9.17) is 0 Å². The zero-order valence-electron chi connectivity index (χ0n) is 16.1. The van der Waals surface area contributed by atoms with Crippen LogP contribution in [-0.2, 0) is 11.2 Å². The Labute approximate surface area is 170 Å². The van der Waals surface area contributed by atoms with Gasteiger partial charge in [0.1, 0.15) is 5.56 Å². The van der Waals surface area contributed by atoms with Crippen molar-refractivity contribution in [2.75, 3.05) is 6.54 Å². The summed E-state index contributed by atoms with van der Waals surface area (Å²) >= 11 is 0. The number of nitrogens with zero attached hydrogens (tertiary/aromatic N) is 4. The maximum absolute atomic E-state index is 13.1. The number of carbonyl (C=O) groups excluding carboxylic acids is 1. The molecule has 1 amide bonds. The summed E-state index contributed by atoms with van der Waals surface area (Å²) in [6.07, 6.45) is 0.750. The highest BCUT2D eigenvalue weighted by Gasteiger charge is 2.38. The number of carboxylic acids is 1. The van der Waals surface area contributed by atoms with Crippen LogP contribution >= 0.6 is 0 Å². The van der Waals surface area contributed by atoms with Crippen molar-refractivity contribution in [3.63, 3.8) is 0 Å². The van der Waals surface area contributed by atoms with Crippen molar-refractivity contribution in [3.05, 3.63) is 41.3 Å². The molecule has 0 radical (unpaired) electrons. The van der Waals surface area contributed by atoms with E-state index in [0.29, 0.717) is 6.54 Å². The van der Waals surface area contributed by atoms with Gasteiger partial charge >= 0.3 is 12.1 Å². The third kappa shape index (κ3) is 4.17.